The van der Waals surface area contributed by atoms with Crippen LogP contribution >= 0.6 is 0 Å². The second-order valence-corrected chi connectivity index (χ2v) is 7.85. The van der Waals surface area contributed by atoms with Crippen molar-refractivity contribution in [2.24, 2.45) is 11.8 Å². The first kappa shape index (κ1) is 23.5. The third-order valence-electron chi connectivity index (χ3n) is 5.02. The Labute approximate surface area is 177 Å². The van der Waals surface area contributed by atoms with Crippen LogP contribution in [0.2, 0.25) is 0 Å². The Kier molecular flexibility index (Phi) is 8.95. The number of anilines is 1. The number of methoxy groups -OCH3 is 2. The van der Waals surface area contributed by atoms with Crippen molar-refractivity contribution in [3.05, 3.63) is 17.7 Å². The summed E-state index contributed by atoms with van der Waals surface area (Å²) in [6.45, 7) is 4.03. The van der Waals surface area contributed by atoms with E-state index in [2.05, 4.69) is 10.6 Å². The highest BCUT2D eigenvalue weighted by molar-refractivity contribution is 6.03. The average Bonchev–Trinajstić information content (AvgIpc) is 2.76. The lowest BCUT2D eigenvalue weighted by molar-refractivity contribution is -0.124. The summed E-state index contributed by atoms with van der Waals surface area (Å²) in [5.74, 6) is -0.341. The van der Waals surface area contributed by atoms with Crippen LogP contribution in [-0.2, 0) is 14.3 Å². The summed E-state index contributed by atoms with van der Waals surface area (Å²) in [6, 6.07) is 2.98. The number of hydrogen-bond donors (Lipinski definition) is 2. The minimum absolute atomic E-state index is 0.0856. The van der Waals surface area contributed by atoms with E-state index in [9.17, 15) is 14.4 Å². The molecule has 1 aromatic rings. The number of hydrogen-bond acceptors (Lipinski definition) is 6. The molecule has 0 bridgehead atoms. The molecule has 1 fully saturated rings. The summed E-state index contributed by atoms with van der Waals surface area (Å²) in [4.78, 5) is 37.3. The van der Waals surface area contributed by atoms with Gasteiger partial charge >= 0.3 is 5.97 Å². The molecule has 1 aliphatic rings. The molecule has 0 heterocycles. The summed E-state index contributed by atoms with van der Waals surface area (Å²) in [6.07, 6.45) is 4.83. The molecule has 2 rings (SSSR count). The monoisotopic (exact) mass is 420 g/mol. The fourth-order valence-corrected chi connectivity index (χ4v) is 3.33. The van der Waals surface area contributed by atoms with E-state index < -0.39 is 12.6 Å². The molecule has 30 heavy (non-hydrogen) atoms. The van der Waals surface area contributed by atoms with E-state index in [1.807, 2.05) is 13.8 Å². The molecule has 1 saturated carbocycles. The van der Waals surface area contributed by atoms with Crippen molar-refractivity contribution in [2.75, 3.05) is 32.7 Å². The molecule has 0 spiro atoms. The van der Waals surface area contributed by atoms with Gasteiger partial charge in [0.05, 0.1) is 25.5 Å². The number of nitrogens with one attached hydrogen (secondary N) is 2. The van der Waals surface area contributed by atoms with Crippen molar-refractivity contribution >= 4 is 23.5 Å². The number of amides is 2. The zero-order valence-corrected chi connectivity index (χ0v) is 18.2. The van der Waals surface area contributed by atoms with Gasteiger partial charge in [0.1, 0.15) is 0 Å². The predicted octanol–water partition coefficient (Wildman–Crippen LogP) is 3.15. The molecule has 0 aromatic heterocycles. The van der Waals surface area contributed by atoms with Crippen molar-refractivity contribution in [1.82, 2.24) is 5.32 Å². The fourth-order valence-electron chi connectivity index (χ4n) is 3.33. The van der Waals surface area contributed by atoms with Gasteiger partial charge < -0.3 is 24.8 Å². The average molecular weight is 421 g/mol. The minimum Gasteiger partial charge on any atom is -0.493 e. The zero-order chi connectivity index (χ0) is 22.1. The van der Waals surface area contributed by atoms with Crippen LogP contribution in [0.4, 0.5) is 5.69 Å². The number of rotatable bonds is 9. The van der Waals surface area contributed by atoms with E-state index in [0.717, 1.165) is 32.1 Å². The van der Waals surface area contributed by atoms with Crippen molar-refractivity contribution in [1.29, 1.82) is 0 Å². The summed E-state index contributed by atoms with van der Waals surface area (Å²) >= 11 is 0. The Morgan fingerprint density at radius 2 is 1.67 bits per heavy atom. The molecule has 166 valence electrons. The van der Waals surface area contributed by atoms with Crippen LogP contribution in [0.3, 0.4) is 0 Å². The number of benzene rings is 1. The lowest BCUT2D eigenvalue weighted by atomic mass is 9.88. The van der Waals surface area contributed by atoms with Crippen LogP contribution in [0.25, 0.3) is 0 Å². The molecule has 0 aliphatic heterocycles. The normalized spacial score (nSPS) is 14.2. The van der Waals surface area contributed by atoms with E-state index in [4.69, 9.17) is 14.2 Å². The molecule has 8 nitrogen and oxygen atoms in total. The molecular formula is C22H32N2O6. The maximum Gasteiger partial charge on any atom is 0.340 e. The van der Waals surface area contributed by atoms with Gasteiger partial charge in [0.2, 0.25) is 5.91 Å². The van der Waals surface area contributed by atoms with Crippen LogP contribution < -0.4 is 20.1 Å². The smallest absolute Gasteiger partial charge is 0.340 e. The highest BCUT2D eigenvalue weighted by atomic mass is 16.5. The summed E-state index contributed by atoms with van der Waals surface area (Å²) in [5.41, 5.74) is 0.379. The lowest BCUT2D eigenvalue weighted by Crippen LogP contribution is -2.31. The predicted molar refractivity (Wildman–Crippen MR) is 113 cm³/mol. The second-order valence-electron chi connectivity index (χ2n) is 7.85. The Balaban J connectivity index is 2.17. The number of esters is 1. The van der Waals surface area contributed by atoms with Crippen molar-refractivity contribution in [3.63, 3.8) is 0 Å². The summed E-state index contributed by atoms with van der Waals surface area (Å²) in [5, 5.41) is 5.53. The molecule has 1 aliphatic carbocycles. The van der Waals surface area contributed by atoms with E-state index in [-0.39, 0.29) is 34.9 Å². The number of ether oxygens (including phenoxy) is 3. The summed E-state index contributed by atoms with van der Waals surface area (Å²) in [7, 11) is 2.92. The molecule has 0 radical (unpaired) electrons. The highest BCUT2D eigenvalue weighted by Crippen LogP contribution is 2.34. The van der Waals surface area contributed by atoms with E-state index >= 15 is 0 Å². The van der Waals surface area contributed by atoms with E-state index in [0.29, 0.717) is 18.0 Å². The largest absolute Gasteiger partial charge is 0.493 e. The lowest BCUT2D eigenvalue weighted by Gasteiger charge is -2.22. The standard InChI is InChI=1S/C22H32N2O6/c1-14(2)12-23-20(25)13-30-22(27)16-10-18(28-3)19(29-4)11-17(16)24-21(26)15-8-6-5-7-9-15/h10-11,14-15H,5-9,12-13H2,1-4H3,(H,23,25)(H,24,26). The molecular weight excluding hydrogens is 388 g/mol. The van der Waals surface area contributed by atoms with Gasteiger partial charge in [-0.05, 0) is 18.8 Å². The topological polar surface area (TPSA) is 103 Å². The number of carbonyl (C=O) groups excluding carboxylic acids is 3. The molecule has 1 aromatic carbocycles. The fraction of sp³-hybridized carbons (Fsp3) is 0.591. The first-order valence-electron chi connectivity index (χ1n) is 10.4. The first-order chi connectivity index (χ1) is 14.3. The van der Waals surface area contributed by atoms with Crippen molar-refractivity contribution < 1.29 is 28.6 Å². The molecule has 2 N–H and O–H groups in total. The van der Waals surface area contributed by atoms with Gasteiger partial charge in [0, 0.05) is 24.6 Å². The molecule has 0 saturated heterocycles. The first-order valence-corrected chi connectivity index (χ1v) is 10.4. The Morgan fingerprint density at radius 1 is 1.03 bits per heavy atom. The van der Waals surface area contributed by atoms with Gasteiger partial charge in [0.25, 0.3) is 5.91 Å². The summed E-state index contributed by atoms with van der Waals surface area (Å²) < 4.78 is 15.7. The van der Waals surface area contributed by atoms with Crippen molar-refractivity contribution in [2.45, 2.75) is 46.0 Å². The van der Waals surface area contributed by atoms with Crippen molar-refractivity contribution in [3.8, 4) is 11.5 Å². The second kappa shape index (κ2) is 11.4. The Morgan fingerprint density at radius 3 is 2.27 bits per heavy atom. The SMILES string of the molecule is COc1cc(NC(=O)C2CCCCC2)c(C(=O)OCC(=O)NCC(C)C)cc1OC. The van der Waals surface area contributed by atoms with Gasteiger partial charge in [-0.15, -0.1) is 0 Å². The molecule has 0 atom stereocenters. The zero-order valence-electron chi connectivity index (χ0n) is 18.2. The van der Waals surface area contributed by atoms with Gasteiger partial charge in [-0.2, -0.15) is 0 Å². The van der Waals surface area contributed by atoms with Gasteiger partial charge in [-0.25, -0.2) is 4.79 Å². The quantitative estimate of drug-likeness (QED) is 0.595. The maximum atomic E-state index is 12.7. The maximum absolute atomic E-state index is 12.7. The number of carbonyl (C=O) groups is 3. The van der Waals surface area contributed by atoms with Gasteiger partial charge in [0.15, 0.2) is 18.1 Å². The van der Waals surface area contributed by atoms with Crippen LogP contribution in [0.5, 0.6) is 11.5 Å². The molecule has 8 heteroatoms. The molecule has 0 unspecified atom stereocenters. The van der Waals surface area contributed by atoms with Gasteiger partial charge in [-0.1, -0.05) is 33.1 Å². The third-order valence-corrected chi connectivity index (χ3v) is 5.02. The van der Waals surface area contributed by atoms with Crippen LogP contribution in [-0.4, -0.2) is 45.2 Å². The minimum atomic E-state index is -0.727. The van der Waals surface area contributed by atoms with E-state index in [1.54, 1.807) is 0 Å². The Hall–Kier alpha value is -2.77. The Bertz CT molecular complexity index is 756. The molecule has 2 amide bonds. The van der Waals surface area contributed by atoms with Gasteiger partial charge in [-0.3, -0.25) is 9.59 Å². The highest BCUT2D eigenvalue weighted by Gasteiger charge is 2.25. The van der Waals surface area contributed by atoms with Crippen LogP contribution in [0, 0.1) is 11.8 Å². The third kappa shape index (κ3) is 6.64. The van der Waals surface area contributed by atoms with E-state index in [1.165, 1.54) is 26.4 Å². The van der Waals surface area contributed by atoms with Crippen LogP contribution in [0.1, 0.15) is 56.3 Å². The van der Waals surface area contributed by atoms with Crippen LogP contribution in [0.15, 0.2) is 12.1 Å².